The van der Waals surface area contributed by atoms with Crippen LogP contribution in [0.15, 0.2) is 0 Å². The zero-order valence-corrected chi connectivity index (χ0v) is 10.1. The predicted molar refractivity (Wildman–Crippen MR) is 62.8 cm³/mol. The summed E-state index contributed by atoms with van der Waals surface area (Å²) in [6.07, 6.45) is 3.06. The summed E-state index contributed by atoms with van der Waals surface area (Å²) in [6.45, 7) is 3.13. The van der Waals surface area contributed by atoms with Gasteiger partial charge in [-0.25, -0.2) is 4.98 Å². The largest absolute Gasteiger partial charge is 0.481 e. The number of nitrogens with zero attached hydrogens (tertiary/aromatic N) is 1. The fourth-order valence-electron chi connectivity index (χ4n) is 2.03. The van der Waals surface area contributed by atoms with E-state index < -0.39 is 5.97 Å². The maximum absolute atomic E-state index is 10.5. The number of rotatable bonds is 4. The van der Waals surface area contributed by atoms with Crippen LogP contribution in [0.3, 0.4) is 0 Å². The highest BCUT2D eigenvalue weighted by Gasteiger charge is 2.21. The number of carboxylic acids is 1. The summed E-state index contributed by atoms with van der Waals surface area (Å²) in [4.78, 5) is 16.3. The van der Waals surface area contributed by atoms with Crippen LogP contribution in [0.5, 0.6) is 0 Å². The first-order chi connectivity index (χ1) is 7.66. The monoisotopic (exact) mass is 240 g/mol. The van der Waals surface area contributed by atoms with Crippen LogP contribution in [-0.2, 0) is 11.2 Å². The fourth-order valence-corrected chi connectivity index (χ4v) is 3.02. The van der Waals surface area contributed by atoms with Gasteiger partial charge in [0.05, 0.1) is 23.2 Å². The standard InChI is InChI=1S/C11H16N2O2S/c1-7-11(8-3-2-6-12-8)13-9(16-7)4-5-10(14)15/h8,12H,2-6H2,1H3,(H,14,15). The van der Waals surface area contributed by atoms with Gasteiger partial charge in [0, 0.05) is 11.3 Å². The van der Waals surface area contributed by atoms with E-state index in [-0.39, 0.29) is 6.42 Å². The molecule has 1 atom stereocenters. The van der Waals surface area contributed by atoms with Gasteiger partial charge in [-0.1, -0.05) is 0 Å². The number of hydrogen-bond acceptors (Lipinski definition) is 4. The van der Waals surface area contributed by atoms with E-state index in [4.69, 9.17) is 5.11 Å². The minimum absolute atomic E-state index is 0.171. The van der Waals surface area contributed by atoms with Crippen LogP contribution in [0, 0.1) is 6.92 Å². The van der Waals surface area contributed by atoms with E-state index >= 15 is 0 Å². The average molecular weight is 240 g/mol. The van der Waals surface area contributed by atoms with Crippen LogP contribution in [0.1, 0.15) is 40.9 Å². The van der Waals surface area contributed by atoms with E-state index in [1.807, 2.05) is 0 Å². The first-order valence-electron chi connectivity index (χ1n) is 5.58. The number of carbonyl (C=O) groups is 1. The van der Waals surface area contributed by atoms with Gasteiger partial charge in [-0.3, -0.25) is 4.79 Å². The highest BCUT2D eigenvalue weighted by molar-refractivity contribution is 7.11. The first kappa shape index (κ1) is 11.5. The molecule has 2 heterocycles. The molecule has 5 heteroatoms. The molecule has 1 aliphatic rings. The highest BCUT2D eigenvalue weighted by atomic mass is 32.1. The number of aryl methyl sites for hydroxylation is 2. The van der Waals surface area contributed by atoms with Crippen molar-refractivity contribution < 1.29 is 9.90 Å². The third kappa shape index (κ3) is 2.59. The third-order valence-corrected chi connectivity index (χ3v) is 3.87. The van der Waals surface area contributed by atoms with Crippen molar-refractivity contribution in [2.45, 2.75) is 38.6 Å². The van der Waals surface area contributed by atoms with Gasteiger partial charge in [-0.15, -0.1) is 11.3 Å². The van der Waals surface area contributed by atoms with Crippen molar-refractivity contribution in [2.75, 3.05) is 6.54 Å². The van der Waals surface area contributed by atoms with Gasteiger partial charge in [-0.05, 0) is 26.3 Å². The molecule has 0 radical (unpaired) electrons. The van der Waals surface area contributed by atoms with E-state index in [0.717, 1.165) is 23.7 Å². The molecule has 0 saturated carbocycles. The van der Waals surface area contributed by atoms with E-state index in [2.05, 4.69) is 17.2 Å². The van der Waals surface area contributed by atoms with Crippen LogP contribution >= 0.6 is 11.3 Å². The number of thiazole rings is 1. The second kappa shape index (κ2) is 4.93. The molecule has 2 N–H and O–H groups in total. The molecule has 0 aromatic carbocycles. The van der Waals surface area contributed by atoms with Crippen molar-refractivity contribution in [1.29, 1.82) is 0 Å². The number of aliphatic carboxylic acids is 1. The smallest absolute Gasteiger partial charge is 0.303 e. The molecule has 16 heavy (non-hydrogen) atoms. The lowest BCUT2D eigenvalue weighted by atomic mass is 10.1. The van der Waals surface area contributed by atoms with Gasteiger partial charge in [-0.2, -0.15) is 0 Å². The molecule has 2 rings (SSSR count). The molecule has 1 fully saturated rings. The van der Waals surface area contributed by atoms with E-state index in [9.17, 15) is 4.79 Å². The Hall–Kier alpha value is -0.940. The Labute approximate surface area is 98.7 Å². The van der Waals surface area contributed by atoms with Crippen molar-refractivity contribution in [3.8, 4) is 0 Å². The zero-order valence-electron chi connectivity index (χ0n) is 9.32. The van der Waals surface area contributed by atoms with Crippen LogP contribution in [-0.4, -0.2) is 22.6 Å². The minimum atomic E-state index is -0.756. The molecule has 88 valence electrons. The van der Waals surface area contributed by atoms with Crippen molar-refractivity contribution in [2.24, 2.45) is 0 Å². The van der Waals surface area contributed by atoms with Gasteiger partial charge < -0.3 is 10.4 Å². The number of hydrogen-bond donors (Lipinski definition) is 2. The number of carboxylic acid groups (broad SMARTS) is 1. The Kier molecular flexibility index (Phi) is 3.56. The summed E-state index contributed by atoms with van der Waals surface area (Å²) in [7, 11) is 0. The van der Waals surface area contributed by atoms with Crippen LogP contribution in [0.4, 0.5) is 0 Å². The fraction of sp³-hybridized carbons (Fsp3) is 0.636. The van der Waals surface area contributed by atoms with Crippen molar-refractivity contribution >= 4 is 17.3 Å². The zero-order chi connectivity index (χ0) is 11.5. The van der Waals surface area contributed by atoms with Crippen molar-refractivity contribution in [3.05, 3.63) is 15.6 Å². The van der Waals surface area contributed by atoms with Gasteiger partial charge in [0.2, 0.25) is 0 Å². The van der Waals surface area contributed by atoms with Crippen molar-refractivity contribution in [3.63, 3.8) is 0 Å². The lowest BCUT2D eigenvalue weighted by Gasteiger charge is -2.07. The molecule has 0 spiro atoms. The first-order valence-corrected chi connectivity index (χ1v) is 6.40. The minimum Gasteiger partial charge on any atom is -0.481 e. The van der Waals surface area contributed by atoms with Crippen molar-refractivity contribution in [1.82, 2.24) is 10.3 Å². The Morgan fingerprint density at radius 2 is 2.50 bits per heavy atom. The maximum Gasteiger partial charge on any atom is 0.303 e. The molecular weight excluding hydrogens is 224 g/mol. The predicted octanol–water partition coefficient (Wildman–Crippen LogP) is 1.89. The molecule has 1 aromatic rings. The molecule has 1 saturated heterocycles. The molecule has 0 amide bonds. The Bertz CT molecular complexity index is 383. The Morgan fingerprint density at radius 3 is 3.12 bits per heavy atom. The van der Waals surface area contributed by atoms with Gasteiger partial charge >= 0.3 is 5.97 Å². The quantitative estimate of drug-likeness (QED) is 0.843. The molecule has 1 unspecified atom stereocenters. The molecule has 0 aliphatic carbocycles. The second-order valence-electron chi connectivity index (χ2n) is 4.09. The van der Waals surface area contributed by atoms with Crippen LogP contribution < -0.4 is 5.32 Å². The Morgan fingerprint density at radius 1 is 1.69 bits per heavy atom. The van der Waals surface area contributed by atoms with E-state index in [1.54, 1.807) is 11.3 Å². The van der Waals surface area contributed by atoms with E-state index in [0.29, 0.717) is 12.5 Å². The maximum atomic E-state index is 10.5. The second-order valence-corrected chi connectivity index (χ2v) is 5.38. The topological polar surface area (TPSA) is 62.2 Å². The van der Waals surface area contributed by atoms with Gasteiger partial charge in [0.15, 0.2) is 0 Å². The average Bonchev–Trinajstić information content (AvgIpc) is 2.83. The van der Waals surface area contributed by atoms with Gasteiger partial charge in [0.1, 0.15) is 0 Å². The molecule has 4 nitrogen and oxygen atoms in total. The normalized spacial score (nSPS) is 20.2. The highest BCUT2D eigenvalue weighted by Crippen LogP contribution is 2.29. The SMILES string of the molecule is Cc1sc(CCC(=O)O)nc1C1CCCN1. The summed E-state index contributed by atoms with van der Waals surface area (Å²) in [5.74, 6) is -0.756. The summed E-state index contributed by atoms with van der Waals surface area (Å²) >= 11 is 1.63. The molecule has 0 bridgehead atoms. The number of aromatic nitrogens is 1. The number of nitrogens with one attached hydrogen (secondary N) is 1. The van der Waals surface area contributed by atoms with Crippen LogP contribution in [0.2, 0.25) is 0 Å². The molecule has 1 aromatic heterocycles. The third-order valence-electron chi connectivity index (χ3n) is 2.82. The summed E-state index contributed by atoms with van der Waals surface area (Å²) in [5.41, 5.74) is 1.13. The molecule has 1 aliphatic heterocycles. The van der Waals surface area contributed by atoms with Gasteiger partial charge in [0.25, 0.3) is 0 Å². The summed E-state index contributed by atoms with van der Waals surface area (Å²) < 4.78 is 0. The summed E-state index contributed by atoms with van der Waals surface area (Å²) in [6, 6.07) is 0.384. The van der Waals surface area contributed by atoms with E-state index in [1.165, 1.54) is 11.3 Å². The lowest BCUT2D eigenvalue weighted by molar-refractivity contribution is -0.136. The lowest BCUT2D eigenvalue weighted by Crippen LogP contribution is -2.14. The summed E-state index contributed by atoms with van der Waals surface area (Å²) in [5, 5.41) is 13.0. The molecular formula is C11H16N2O2S. The van der Waals surface area contributed by atoms with Crippen LogP contribution in [0.25, 0.3) is 0 Å². The Balaban J connectivity index is 2.05.